The first-order valence-electron chi connectivity index (χ1n) is 7.90. The molecule has 0 saturated carbocycles. The molecule has 1 aromatic rings. The van der Waals surface area contributed by atoms with Gasteiger partial charge in [-0.15, -0.1) is 12.4 Å². The Morgan fingerprint density at radius 2 is 1.85 bits per heavy atom. The van der Waals surface area contributed by atoms with Crippen molar-refractivity contribution in [3.63, 3.8) is 0 Å². The minimum absolute atomic E-state index is 0. The lowest BCUT2D eigenvalue weighted by molar-refractivity contribution is -0.125. The van der Waals surface area contributed by atoms with Gasteiger partial charge in [0.2, 0.25) is 11.8 Å². The Morgan fingerprint density at radius 1 is 1.27 bits per heavy atom. The number of halogens is 1. The number of nitrogens with one attached hydrogen (secondary N) is 2. The first-order valence-corrected chi connectivity index (χ1v) is 8.71. The van der Waals surface area contributed by atoms with E-state index in [4.69, 9.17) is 10.5 Å². The molecule has 0 saturated heterocycles. The molecule has 4 N–H and O–H groups in total. The maximum Gasteiger partial charge on any atom is 0.350 e. The molecular weight excluding hydrogens is 380 g/mol. The molecule has 8 nitrogen and oxygen atoms in total. The zero-order chi connectivity index (χ0) is 19.4. The number of carbonyl (C=O) groups excluding carboxylic acids is 3. The van der Waals surface area contributed by atoms with Crippen LogP contribution >= 0.6 is 23.7 Å². The van der Waals surface area contributed by atoms with Crippen molar-refractivity contribution in [3.05, 3.63) is 10.6 Å². The van der Waals surface area contributed by atoms with Crippen molar-refractivity contribution in [2.75, 3.05) is 19.0 Å². The number of ether oxygens (including phenoxy) is 1. The van der Waals surface area contributed by atoms with Gasteiger partial charge < -0.3 is 21.1 Å². The van der Waals surface area contributed by atoms with Crippen LogP contribution in [0.25, 0.3) is 0 Å². The highest BCUT2D eigenvalue weighted by molar-refractivity contribution is 7.17. The van der Waals surface area contributed by atoms with Crippen LogP contribution in [-0.2, 0) is 19.7 Å². The van der Waals surface area contributed by atoms with Crippen molar-refractivity contribution < 1.29 is 19.1 Å². The van der Waals surface area contributed by atoms with Crippen molar-refractivity contribution in [2.24, 2.45) is 11.7 Å². The fraction of sp³-hybridized carbons (Fsp3) is 0.625. The first-order chi connectivity index (χ1) is 11.5. The monoisotopic (exact) mass is 406 g/mol. The van der Waals surface area contributed by atoms with Gasteiger partial charge in [-0.05, 0) is 5.92 Å². The van der Waals surface area contributed by atoms with Crippen LogP contribution in [-0.4, -0.2) is 42.5 Å². The number of thiazole rings is 1. The van der Waals surface area contributed by atoms with E-state index in [-0.39, 0.29) is 35.4 Å². The number of carbonyl (C=O) groups is 3. The molecule has 2 amide bonds. The minimum atomic E-state index is -0.675. The lowest BCUT2D eigenvalue weighted by Gasteiger charge is -2.16. The summed E-state index contributed by atoms with van der Waals surface area (Å²) in [7, 11) is 1.29. The van der Waals surface area contributed by atoms with Crippen molar-refractivity contribution in [3.8, 4) is 0 Å². The maximum atomic E-state index is 12.0. The van der Waals surface area contributed by atoms with Gasteiger partial charge in [-0.25, -0.2) is 9.78 Å². The zero-order valence-electron chi connectivity index (χ0n) is 15.8. The number of anilines is 1. The Labute approximate surface area is 163 Å². The fourth-order valence-electron chi connectivity index (χ4n) is 1.86. The normalized spacial score (nSPS) is 12.2. The van der Waals surface area contributed by atoms with Crippen molar-refractivity contribution >= 4 is 46.7 Å². The predicted molar refractivity (Wildman–Crippen MR) is 104 cm³/mol. The summed E-state index contributed by atoms with van der Waals surface area (Å²) in [6.45, 7) is 9.15. The van der Waals surface area contributed by atoms with Gasteiger partial charge in [-0.1, -0.05) is 46.0 Å². The molecule has 1 atom stereocenters. The lowest BCUT2D eigenvalue weighted by atomic mass is 9.91. The topological polar surface area (TPSA) is 123 Å². The SMILES string of the molecule is COC(=O)c1sc(NC(=O)CNC(=O)[C@@H](N)C(C)C)nc1C(C)(C)C.Cl. The minimum Gasteiger partial charge on any atom is -0.465 e. The molecule has 148 valence electrons. The number of rotatable bonds is 6. The Morgan fingerprint density at radius 3 is 2.31 bits per heavy atom. The number of aromatic nitrogens is 1. The first kappa shape index (κ1) is 24.3. The Balaban J connectivity index is 0.00000625. The summed E-state index contributed by atoms with van der Waals surface area (Å²) >= 11 is 1.04. The van der Waals surface area contributed by atoms with Crippen LogP contribution in [0.3, 0.4) is 0 Å². The molecule has 0 aliphatic rings. The van der Waals surface area contributed by atoms with Crippen molar-refractivity contribution in [1.82, 2.24) is 10.3 Å². The van der Waals surface area contributed by atoms with E-state index >= 15 is 0 Å². The van der Waals surface area contributed by atoms with Gasteiger partial charge in [0.25, 0.3) is 0 Å². The van der Waals surface area contributed by atoms with Gasteiger partial charge in [0, 0.05) is 5.41 Å². The van der Waals surface area contributed by atoms with Gasteiger partial charge in [0.1, 0.15) is 4.88 Å². The van der Waals surface area contributed by atoms with E-state index in [0.29, 0.717) is 10.6 Å². The van der Waals surface area contributed by atoms with Crippen LogP contribution in [0.2, 0.25) is 0 Å². The lowest BCUT2D eigenvalue weighted by Crippen LogP contribution is -2.46. The van der Waals surface area contributed by atoms with Gasteiger partial charge in [-0.3, -0.25) is 9.59 Å². The summed E-state index contributed by atoms with van der Waals surface area (Å²) in [5.74, 6) is -1.37. The smallest absolute Gasteiger partial charge is 0.350 e. The van der Waals surface area contributed by atoms with E-state index in [1.807, 2.05) is 34.6 Å². The van der Waals surface area contributed by atoms with Crippen LogP contribution < -0.4 is 16.4 Å². The largest absolute Gasteiger partial charge is 0.465 e. The van der Waals surface area contributed by atoms with E-state index in [1.54, 1.807) is 0 Å². The summed E-state index contributed by atoms with van der Waals surface area (Å²) in [5.41, 5.74) is 5.87. The molecule has 0 bridgehead atoms. The third kappa shape index (κ3) is 6.54. The number of nitrogens with zero attached hydrogens (tertiary/aromatic N) is 1. The Bertz CT molecular complexity index is 655. The number of amides is 2. The molecule has 0 unspecified atom stereocenters. The summed E-state index contributed by atoms with van der Waals surface area (Å²) in [6.07, 6.45) is 0. The van der Waals surface area contributed by atoms with E-state index < -0.39 is 23.8 Å². The number of methoxy groups -OCH3 is 1. The average Bonchev–Trinajstić information content (AvgIpc) is 2.94. The second-order valence-electron chi connectivity index (χ2n) is 6.97. The van der Waals surface area contributed by atoms with Crippen LogP contribution in [0.5, 0.6) is 0 Å². The molecular formula is C16H27ClN4O4S. The fourth-order valence-corrected chi connectivity index (χ4v) is 2.97. The molecule has 0 aliphatic heterocycles. The predicted octanol–water partition coefficient (Wildman–Crippen LogP) is 1.69. The molecule has 0 radical (unpaired) electrons. The van der Waals surface area contributed by atoms with Gasteiger partial charge in [0.15, 0.2) is 5.13 Å². The number of hydrogen-bond donors (Lipinski definition) is 3. The van der Waals surface area contributed by atoms with E-state index in [0.717, 1.165) is 11.3 Å². The van der Waals surface area contributed by atoms with Crippen LogP contribution in [0, 0.1) is 5.92 Å². The van der Waals surface area contributed by atoms with Crippen LogP contribution in [0.4, 0.5) is 5.13 Å². The maximum absolute atomic E-state index is 12.0. The number of esters is 1. The highest BCUT2D eigenvalue weighted by Gasteiger charge is 2.28. The van der Waals surface area contributed by atoms with Gasteiger partial charge in [-0.2, -0.15) is 0 Å². The molecule has 0 aliphatic carbocycles. The van der Waals surface area contributed by atoms with Crippen molar-refractivity contribution in [1.29, 1.82) is 0 Å². The molecule has 10 heteroatoms. The third-order valence-electron chi connectivity index (χ3n) is 3.40. The van der Waals surface area contributed by atoms with Crippen LogP contribution in [0.1, 0.15) is 50.0 Å². The zero-order valence-corrected chi connectivity index (χ0v) is 17.5. The van der Waals surface area contributed by atoms with E-state index in [2.05, 4.69) is 15.6 Å². The highest BCUT2D eigenvalue weighted by atomic mass is 35.5. The Hall–Kier alpha value is -1.71. The highest BCUT2D eigenvalue weighted by Crippen LogP contribution is 2.32. The quantitative estimate of drug-likeness (QED) is 0.617. The molecule has 0 aromatic carbocycles. The number of nitrogens with two attached hydrogens (primary N) is 1. The Kier molecular flexibility index (Phi) is 9.19. The summed E-state index contributed by atoms with van der Waals surface area (Å²) < 4.78 is 4.77. The van der Waals surface area contributed by atoms with E-state index in [1.165, 1.54) is 7.11 Å². The molecule has 1 aromatic heterocycles. The standard InChI is InChI=1S/C16H26N4O4S.ClH/c1-8(2)10(17)13(22)18-7-9(21)19-15-20-12(16(3,4)5)11(25-15)14(23)24-6;/h8,10H,7,17H2,1-6H3,(H,18,22)(H,19,20,21);1H/t10-;/m0./s1. The summed E-state index contributed by atoms with van der Waals surface area (Å²) in [6, 6.07) is -0.675. The third-order valence-corrected chi connectivity index (χ3v) is 4.35. The second kappa shape index (κ2) is 9.84. The van der Waals surface area contributed by atoms with E-state index in [9.17, 15) is 14.4 Å². The molecule has 0 fully saturated rings. The summed E-state index contributed by atoms with van der Waals surface area (Å²) in [4.78, 5) is 40.3. The van der Waals surface area contributed by atoms with Gasteiger partial charge >= 0.3 is 5.97 Å². The van der Waals surface area contributed by atoms with Gasteiger partial charge in [0.05, 0.1) is 25.4 Å². The summed E-state index contributed by atoms with van der Waals surface area (Å²) in [5, 5.41) is 5.34. The van der Waals surface area contributed by atoms with Crippen molar-refractivity contribution in [2.45, 2.75) is 46.1 Å². The molecule has 0 spiro atoms. The molecule has 1 rings (SSSR count). The average molecular weight is 407 g/mol. The number of hydrogen-bond acceptors (Lipinski definition) is 7. The van der Waals surface area contributed by atoms with Crippen LogP contribution in [0.15, 0.2) is 0 Å². The second-order valence-corrected chi connectivity index (χ2v) is 7.97. The molecule has 1 heterocycles. The molecule has 26 heavy (non-hydrogen) atoms.